The van der Waals surface area contributed by atoms with Crippen molar-refractivity contribution in [2.75, 3.05) is 7.11 Å². The second-order valence-corrected chi connectivity index (χ2v) is 8.69. The van der Waals surface area contributed by atoms with Crippen molar-refractivity contribution in [1.29, 1.82) is 0 Å². The molecule has 0 aromatic heterocycles. The number of methoxy groups -OCH3 is 1. The first-order valence-corrected chi connectivity index (χ1v) is 11.4. The van der Waals surface area contributed by atoms with Gasteiger partial charge in [-0.15, -0.1) is 0 Å². The molecule has 2 aliphatic heterocycles. The summed E-state index contributed by atoms with van der Waals surface area (Å²) in [6.07, 6.45) is 0.0227. The van der Waals surface area contributed by atoms with Crippen molar-refractivity contribution < 1.29 is 18.7 Å². The third-order valence-corrected chi connectivity index (χ3v) is 6.61. The molecule has 6 nitrogen and oxygen atoms in total. The molecule has 4 rings (SSSR count). The number of thioether (sulfide) groups is 1. The summed E-state index contributed by atoms with van der Waals surface area (Å²) in [4.78, 5) is 31.9. The molecule has 2 heterocycles. The minimum Gasteiger partial charge on any atom is -0.466 e. The van der Waals surface area contributed by atoms with E-state index in [2.05, 4.69) is 10.3 Å². The maximum atomic E-state index is 13.9. The number of amides is 1. The lowest BCUT2D eigenvalue weighted by Crippen LogP contribution is -2.38. The molecule has 0 radical (unpaired) electrons. The van der Waals surface area contributed by atoms with Gasteiger partial charge in [-0.3, -0.25) is 4.79 Å². The van der Waals surface area contributed by atoms with Crippen LogP contribution < -0.4 is 5.32 Å². The van der Waals surface area contributed by atoms with E-state index in [0.717, 1.165) is 0 Å². The lowest BCUT2D eigenvalue weighted by Gasteiger charge is -2.36. The summed E-state index contributed by atoms with van der Waals surface area (Å²) in [7, 11) is 1.32. The number of esters is 1. The van der Waals surface area contributed by atoms with E-state index in [-0.39, 0.29) is 24.7 Å². The third kappa shape index (κ3) is 4.67. The van der Waals surface area contributed by atoms with Gasteiger partial charge < -0.3 is 15.0 Å². The predicted molar refractivity (Wildman–Crippen MR) is 127 cm³/mol. The minimum atomic E-state index is -0.598. The van der Waals surface area contributed by atoms with Crippen LogP contribution in [0.4, 0.5) is 4.39 Å². The number of rotatable bonds is 6. The van der Waals surface area contributed by atoms with Crippen LogP contribution in [0.2, 0.25) is 5.02 Å². The Balaban J connectivity index is 1.61. The standard InChI is InChI=1S/C24H21ClFN3O3S/c1-14-21(23(31)32-2)22(17-8-4-5-9-18(17)25)29-16(13-33-24(29)28-14)11-20(30)27-12-15-7-3-6-10-19(15)26/h3-10,13,22H,11-12H2,1-2H3,(H,27,30)/t22-/m0/s1. The van der Waals surface area contributed by atoms with Crippen LogP contribution in [0, 0.1) is 5.82 Å². The number of nitrogens with one attached hydrogen (secondary N) is 1. The number of benzene rings is 2. The Morgan fingerprint density at radius 1 is 1.21 bits per heavy atom. The minimum absolute atomic E-state index is 0.0227. The van der Waals surface area contributed by atoms with Crippen LogP contribution in [0.15, 0.2) is 75.9 Å². The van der Waals surface area contributed by atoms with E-state index in [0.29, 0.717) is 38.3 Å². The molecule has 0 spiro atoms. The number of carbonyl (C=O) groups is 2. The van der Waals surface area contributed by atoms with Crippen LogP contribution in [0.5, 0.6) is 0 Å². The Kier molecular flexibility index (Phi) is 6.85. The largest absolute Gasteiger partial charge is 0.466 e. The highest BCUT2D eigenvalue weighted by Gasteiger charge is 2.41. The summed E-state index contributed by atoms with van der Waals surface area (Å²) < 4.78 is 18.9. The van der Waals surface area contributed by atoms with Crippen LogP contribution in [-0.2, 0) is 20.9 Å². The third-order valence-electron chi connectivity index (χ3n) is 5.38. The molecule has 0 saturated carbocycles. The van der Waals surface area contributed by atoms with E-state index in [1.165, 1.54) is 24.9 Å². The van der Waals surface area contributed by atoms with Crippen LogP contribution >= 0.6 is 23.4 Å². The highest BCUT2D eigenvalue weighted by Crippen LogP contribution is 2.46. The molecule has 1 N–H and O–H groups in total. The van der Waals surface area contributed by atoms with Gasteiger partial charge in [0, 0.05) is 22.8 Å². The zero-order chi connectivity index (χ0) is 23.5. The quantitative estimate of drug-likeness (QED) is 0.587. The summed E-state index contributed by atoms with van der Waals surface area (Å²) in [5.41, 5.74) is 2.65. The lowest BCUT2D eigenvalue weighted by atomic mass is 9.94. The van der Waals surface area contributed by atoms with Gasteiger partial charge in [0.25, 0.3) is 0 Å². The van der Waals surface area contributed by atoms with Crippen molar-refractivity contribution >= 4 is 40.4 Å². The first kappa shape index (κ1) is 23.1. The summed E-state index contributed by atoms with van der Waals surface area (Å²) in [5, 5.41) is 5.71. The fraction of sp³-hybridized carbons (Fsp3) is 0.208. The van der Waals surface area contributed by atoms with Gasteiger partial charge in [-0.2, -0.15) is 0 Å². The van der Waals surface area contributed by atoms with Crippen LogP contribution in [0.3, 0.4) is 0 Å². The van der Waals surface area contributed by atoms with E-state index < -0.39 is 12.0 Å². The second kappa shape index (κ2) is 9.80. The molecule has 2 aromatic rings. The molecule has 2 aromatic carbocycles. The van der Waals surface area contributed by atoms with Gasteiger partial charge in [0.05, 0.1) is 30.8 Å². The second-order valence-electron chi connectivity index (χ2n) is 7.45. The summed E-state index contributed by atoms with van der Waals surface area (Å²) >= 11 is 7.88. The number of hydrogen-bond acceptors (Lipinski definition) is 6. The van der Waals surface area contributed by atoms with Crippen LogP contribution in [0.25, 0.3) is 0 Å². The van der Waals surface area contributed by atoms with Crippen molar-refractivity contribution in [3.05, 3.63) is 92.9 Å². The zero-order valence-corrected chi connectivity index (χ0v) is 19.5. The van der Waals surface area contributed by atoms with Gasteiger partial charge in [0.1, 0.15) is 5.82 Å². The van der Waals surface area contributed by atoms with Crippen molar-refractivity contribution in [2.24, 2.45) is 4.99 Å². The Morgan fingerprint density at radius 3 is 2.67 bits per heavy atom. The molecule has 1 atom stereocenters. The molecular weight excluding hydrogens is 465 g/mol. The van der Waals surface area contributed by atoms with Gasteiger partial charge in [0.15, 0.2) is 5.17 Å². The van der Waals surface area contributed by atoms with E-state index in [4.69, 9.17) is 16.3 Å². The Hall–Kier alpha value is -3.10. The summed E-state index contributed by atoms with van der Waals surface area (Å²) in [6.45, 7) is 1.83. The molecule has 0 unspecified atom stereocenters. The Labute approximate surface area is 200 Å². The molecule has 2 aliphatic rings. The highest BCUT2D eigenvalue weighted by atomic mass is 35.5. The van der Waals surface area contributed by atoms with Gasteiger partial charge in [-0.1, -0.05) is 59.8 Å². The summed E-state index contributed by atoms with van der Waals surface area (Å²) in [5.74, 6) is -1.17. The summed E-state index contributed by atoms with van der Waals surface area (Å²) in [6, 6.07) is 12.9. The average Bonchev–Trinajstić information content (AvgIpc) is 3.19. The molecular formula is C24H21ClFN3O3S. The molecule has 0 aliphatic carbocycles. The number of fused-ring (bicyclic) bond motifs is 1. The van der Waals surface area contributed by atoms with Crippen LogP contribution in [-0.4, -0.2) is 29.1 Å². The number of aliphatic imine (C=N–C) groups is 1. The molecule has 33 heavy (non-hydrogen) atoms. The first-order chi connectivity index (χ1) is 15.9. The number of halogens is 2. The number of carbonyl (C=O) groups excluding carboxylic acids is 2. The maximum absolute atomic E-state index is 13.9. The first-order valence-electron chi connectivity index (χ1n) is 10.2. The fourth-order valence-corrected chi connectivity index (χ4v) is 5.00. The number of amidine groups is 1. The topological polar surface area (TPSA) is 71.0 Å². The Morgan fingerprint density at radius 2 is 1.94 bits per heavy atom. The van der Waals surface area contributed by atoms with Gasteiger partial charge in [-0.05, 0) is 30.0 Å². The number of nitrogens with zero attached hydrogens (tertiary/aromatic N) is 2. The SMILES string of the molecule is COC(=O)C1=C(C)N=C2SC=C(CC(=O)NCc3ccccc3F)N2[C@H]1c1ccccc1Cl. The highest BCUT2D eigenvalue weighted by molar-refractivity contribution is 8.16. The van der Waals surface area contributed by atoms with E-state index in [1.54, 1.807) is 31.2 Å². The van der Waals surface area contributed by atoms with Crippen LogP contribution in [0.1, 0.15) is 30.5 Å². The van der Waals surface area contributed by atoms with Crippen molar-refractivity contribution in [1.82, 2.24) is 10.2 Å². The number of ether oxygens (including phenoxy) is 1. The van der Waals surface area contributed by atoms with Gasteiger partial charge in [0.2, 0.25) is 5.91 Å². The predicted octanol–water partition coefficient (Wildman–Crippen LogP) is 4.93. The van der Waals surface area contributed by atoms with E-state index in [9.17, 15) is 14.0 Å². The zero-order valence-electron chi connectivity index (χ0n) is 18.0. The Bertz CT molecular complexity index is 1210. The van der Waals surface area contributed by atoms with Gasteiger partial charge >= 0.3 is 5.97 Å². The number of allylic oxidation sites excluding steroid dienone is 1. The fourth-order valence-electron chi connectivity index (χ4n) is 3.79. The maximum Gasteiger partial charge on any atom is 0.338 e. The van der Waals surface area contributed by atoms with Crippen molar-refractivity contribution in [3.8, 4) is 0 Å². The monoisotopic (exact) mass is 485 g/mol. The average molecular weight is 486 g/mol. The molecule has 0 bridgehead atoms. The molecule has 0 fully saturated rings. The molecule has 0 saturated heterocycles. The molecule has 1 amide bonds. The van der Waals surface area contributed by atoms with E-state index in [1.807, 2.05) is 28.5 Å². The smallest absolute Gasteiger partial charge is 0.338 e. The molecule has 170 valence electrons. The lowest BCUT2D eigenvalue weighted by molar-refractivity contribution is -0.136. The normalized spacial score (nSPS) is 17.3. The van der Waals surface area contributed by atoms with E-state index >= 15 is 0 Å². The molecule has 9 heteroatoms. The number of hydrogen-bond donors (Lipinski definition) is 1. The van der Waals surface area contributed by atoms with Crippen molar-refractivity contribution in [3.63, 3.8) is 0 Å². The van der Waals surface area contributed by atoms with Gasteiger partial charge in [-0.25, -0.2) is 14.2 Å². The van der Waals surface area contributed by atoms with Crippen molar-refractivity contribution in [2.45, 2.75) is 25.9 Å².